The summed E-state index contributed by atoms with van der Waals surface area (Å²) in [5.41, 5.74) is 2.60. The van der Waals surface area contributed by atoms with E-state index in [-0.39, 0.29) is 17.3 Å². The van der Waals surface area contributed by atoms with Crippen molar-refractivity contribution in [3.63, 3.8) is 0 Å². The van der Waals surface area contributed by atoms with Gasteiger partial charge in [-0.3, -0.25) is 9.59 Å². The second-order valence-corrected chi connectivity index (χ2v) is 6.18. The lowest BCUT2D eigenvalue weighted by Gasteiger charge is -2.02. The smallest absolute Gasteiger partial charge is 0.304 e. The van der Waals surface area contributed by atoms with Crippen molar-refractivity contribution in [2.75, 3.05) is 0 Å². The Morgan fingerprint density at radius 1 is 1.39 bits per heavy atom. The van der Waals surface area contributed by atoms with Crippen molar-refractivity contribution >= 4 is 28.8 Å². The number of carbonyl (C=O) groups is 1. The average Bonchev–Trinajstić information content (AvgIpc) is 3.11. The van der Waals surface area contributed by atoms with Crippen LogP contribution in [0.3, 0.4) is 0 Å². The van der Waals surface area contributed by atoms with Gasteiger partial charge in [0, 0.05) is 22.3 Å². The predicted octanol–water partition coefficient (Wildman–Crippen LogP) is 2.51. The lowest BCUT2D eigenvalue weighted by molar-refractivity contribution is 0.0950. The van der Waals surface area contributed by atoms with Gasteiger partial charge in [-0.2, -0.15) is 5.10 Å². The van der Waals surface area contributed by atoms with Gasteiger partial charge in [-0.25, -0.2) is 4.68 Å². The highest BCUT2D eigenvalue weighted by Gasteiger charge is 2.14. The molecule has 2 heterocycles. The lowest BCUT2D eigenvalue weighted by atomic mass is 10.2. The number of benzene rings is 1. The Labute approximate surface area is 140 Å². The summed E-state index contributed by atoms with van der Waals surface area (Å²) in [4.78, 5) is 25.9. The van der Waals surface area contributed by atoms with Crippen LogP contribution in [0.15, 0.2) is 40.6 Å². The highest BCUT2D eigenvalue weighted by atomic mass is 35.5. The molecule has 0 bridgehead atoms. The van der Waals surface area contributed by atoms with E-state index in [1.54, 1.807) is 35.3 Å². The van der Waals surface area contributed by atoms with E-state index in [2.05, 4.69) is 15.4 Å². The predicted molar refractivity (Wildman–Crippen MR) is 89.4 cm³/mol. The van der Waals surface area contributed by atoms with E-state index >= 15 is 0 Å². The molecule has 0 aliphatic heterocycles. The summed E-state index contributed by atoms with van der Waals surface area (Å²) < 4.78 is 1.63. The number of thiazole rings is 1. The van der Waals surface area contributed by atoms with Crippen molar-refractivity contribution in [2.45, 2.75) is 13.5 Å². The van der Waals surface area contributed by atoms with Crippen LogP contribution in [0.25, 0.3) is 5.69 Å². The molecule has 0 atom stereocenters. The molecular formula is C15H13ClN4O2S. The van der Waals surface area contributed by atoms with E-state index in [4.69, 9.17) is 11.6 Å². The first kappa shape index (κ1) is 15.5. The first-order valence-electron chi connectivity index (χ1n) is 6.80. The molecule has 0 fully saturated rings. The van der Waals surface area contributed by atoms with E-state index < -0.39 is 0 Å². The summed E-state index contributed by atoms with van der Waals surface area (Å²) in [6, 6.07) is 7.18. The molecule has 1 aromatic carbocycles. The zero-order valence-corrected chi connectivity index (χ0v) is 13.7. The minimum absolute atomic E-state index is 0.138. The summed E-state index contributed by atoms with van der Waals surface area (Å²) in [5, 5.41) is 9.44. The van der Waals surface area contributed by atoms with Gasteiger partial charge in [0.2, 0.25) is 0 Å². The third kappa shape index (κ3) is 3.52. The zero-order chi connectivity index (χ0) is 16.4. The van der Waals surface area contributed by atoms with Crippen LogP contribution in [0.2, 0.25) is 5.02 Å². The number of hydrogen-bond acceptors (Lipinski definition) is 4. The number of amides is 1. The number of hydrogen-bond donors (Lipinski definition) is 2. The number of aromatic amines is 1. The number of aromatic nitrogens is 3. The van der Waals surface area contributed by atoms with Gasteiger partial charge in [0.05, 0.1) is 23.5 Å². The quantitative estimate of drug-likeness (QED) is 0.760. The molecule has 2 N–H and O–H groups in total. The van der Waals surface area contributed by atoms with E-state index in [0.29, 0.717) is 22.0 Å². The fraction of sp³-hybridized carbons (Fsp3) is 0.133. The second kappa shape index (κ2) is 6.39. The van der Waals surface area contributed by atoms with Crippen LogP contribution >= 0.6 is 22.9 Å². The Bertz CT molecular complexity index is 895. The molecule has 118 valence electrons. The Kier molecular flexibility index (Phi) is 4.31. The largest absolute Gasteiger partial charge is 0.346 e. The monoisotopic (exact) mass is 348 g/mol. The lowest BCUT2D eigenvalue weighted by Crippen LogP contribution is -2.23. The topological polar surface area (TPSA) is 79.8 Å². The number of carbonyl (C=O) groups excluding carboxylic acids is 1. The Morgan fingerprint density at radius 2 is 2.13 bits per heavy atom. The third-order valence-electron chi connectivity index (χ3n) is 3.24. The van der Waals surface area contributed by atoms with E-state index in [0.717, 1.165) is 17.0 Å². The summed E-state index contributed by atoms with van der Waals surface area (Å²) in [6.07, 6.45) is 1.67. The van der Waals surface area contributed by atoms with E-state index in [9.17, 15) is 9.59 Å². The number of H-pyrrole nitrogens is 1. The number of nitrogens with one attached hydrogen (secondary N) is 2. The van der Waals surface area contributed by atoms with Crippen LogP contribution in [0.4, 0.5) is 0 Å². The number of nitrogens with zero attached hydrogens (tertiary/aromatic N) is 2. The first-order chi connectivity index (χ1) is 11.0. The van der Waals surface area contributed by atoms with Crippen molar-refractivity contribution in [2.24, 2.45) is 0 Å². The first-order valence-corrected chi connectivity index (χ1v) is 8.06. The second-order valence-electron chi connectivity index (χ2n) is 4.91. The van der Waals surface area contributed by atoms with Gasteiger partial charge in [0.15, 0.2) is 0 Å². The van der Waals surface area contributed by atoms with Crippen molar-refractivity contribution in [3.8, 4) is 5.69 Å². The van der Waals surface area contributed by atoms with Crippen molar-refractivity contribution < 1.29 is 4.79 Å². The Morgan fingerprint density at radius 3 is 2.78 bits per heavy atom. The van der Waals surface area contributed by atoms with E-state index in [1.165, 1.54) is 0 Å². The number of aryl methyl sites for hydroxylation is 1. The van der Waals surface area contributed by atoms with Crippen LogP contribution in [0.5, 0.6) is 0 Å². The molecule has 0 saturated heterocycles. The molecular weight excluding hydrogens is 336 g/mol. The molecule has 2 aromatic heterocycles. The van der Waals surface area contributed by atoms with Crippen LogP contribution in [0, 0.1) is 6.92 Å². The third-order valence-corrected chi connectivity index (χ3v) is 4.22. The van der Waals surface area contributed by atoms with Gasteiger partial charge in [0.25, 0.3) is 5.91 Å². The van der Waals surface area contributed by atoms with Crippen LogP contribution < -0.4 is 10.2 Å². The highest BCUT2D eigenvalue weighted by Crippen LogP contribution is 2.15. The SMILES string of the molecule is Cc1nn(-c2ccc(Cl)cc2)cc1C(=O)NCc1csc(=O)[nH]1. The summed E-state index contributed by atoms with van der Waals surface area (Å²) in [6.45, 7) is 2.04. The molecule has 8 heteroatoms. The van der Waals surface area contributed by atoms with Gasteiger partial charge in [0.1, 0.15) is 0 Å². The van der Waals surface area contributed by atoms with Crippen LogP contribution in [-0.4, -0.2) is 20.7 Å². The normalized spacial score (nSPS) is 10.7. The Hall–Kier alpha value is -2.38. The van der Waals surface area contributed by atoms with Gasteiger partial charge in [-0.15, -0.1) is 0 Å². The van der Waals surface area contributed by atoms with Crippen molar-refractivity contribution in [1.82, 2.24) is 20.1 Å². The molecule has 0 radical (unpaired) electrons. The molecule has 23 heavy (non-hydrogen) atoms. The molecule has 0 aliphatic rings. The minimum atomic E-state index is -0.241. The minimum Gasteiger partial charge on any atom is -0.346 e. The van der Waals surface area contributed by atoms with Crippen molar-refractivity contribution in [1.29, 1.82) is 0 Å². The molecule has 6 nitrogen and oxygen atoms in total. The molecule has 0 spiro atoms. The zero-order valence-electron chi connectivity index (χ0n) is 12.2. The standard InChI is InChI=1S/C15H13ClN4O2S/c1-9-13(14(21)17-6-11-8-23-15(22)18-11)7-20(19-9)12-4-2-10(16)3-5-12/h2-5,7-8H,6H2,1H3,(H,17,21)(H,18,22). The van der Waals surface area contributed by atoms with Gasteiger partial charge >= 0.3 is 4.87 Å². The number of halogens is 1. The molecule has 1 amide bonds. The van der Waals surface area contributed by atoms with Gasteiger partial charge in [-0.1, -0.05) is 22.9 Å². The molecule has 3 rings (SSSR count). The fourth-order valence-corrected chi connectivity index (χ4v) is 2.79. The van der Waals surface area contributed by atoms with Crippen LogP contribution in [0.1, 0.15) is 21.7 Å². The maximum atomic E-state index is 12.3. The fourth-order valence-electron chi connectivity index (χ4n) is 2.08. The van der Waals surface area contributed by atoms with Crippen LogP contribution in [-0.2, 0) is 6.54 Å². The maximum absolute atomic E-state index is 12.3. The average molecular weight is 349 g/mol. The van der Waals surface area contributed by atoms with Gasteiger partial charge in [-0.05, 0) is 31.2 Å². The Balaban J connectivity index is 1.76. The highest BCUT2D eigenvalue weighted by molar-refractivity contribution is 7.07. The summed E-state index contributed by atoms with van der Waals surface area (Å²) in [7, 11) is 0. The summed E-state index contributed by atoms with van der Waals surface area (Å²) >= 11 is 6.94. The molecule has 0 unspecified atom stereocenters. The number of rotatable bonds is 4. The summed E-state index contributed by atoms with van der Waals surface area (Å²) in [5.74, 6) is -0.241. The van der Waals surface area contributed by atoms with Crippen molar-refractivity contribution in [3.05, 3.63) is 67.5 Å². The molecule has 0 saturated carbocycles. The molecule has 0 aliphatic carbocycles. The molecule has 3 aromatic rings. The van der Waals surface area contributed by atoms with Gasteiger partial charge < -0.3 is 10.3 Å². The van der Waals surface area contributed by atoms with E-state index in [1.807, 2.05) is 12.1 Å². The maximum Gasteiger partial charge on any atom is 0.304 e.